The molecule has 7 heteroatoms. The SMILES string of the molecule is Cc1nn2c(Cl)c(CC(=O)O)nc2n1C. The van der Waals surface area contributed by atoms with Gasteiger partial charge in [0.25, 0.3) is 0 Å². The molecule has 6 nitrogen and oxygen atoms in total. The molecule has 0 aromatic carbocycles. The zero-order valence-electron chi connectivity index (χ0n) is 8.23. The van der Waals surface area contributed by atoms with Crippen LogP contribution < -0.4 is 0 Å². The Labute approximate surface area is 90.1 Å². The summed E-state index contributed by atoms with van der Waals surface area (Å²) in [6.45, 7) is 1.82. The van der Waals surface area contributed by atoms with Crippen LogP contribution in [0.3, 0.4) is 0 Å². The number of halogens is 1. The number of aromatic nitrogens is 4. The Morgan fingerprint density at radius 2 is 2.27 bits per heavy atom. The van der Waals surface area contributed by atoms with Crippen LogP contribution in [0.15, 0.2) is 0 Å². The van der Waals surface area contributed by atoms with E-state index in [1.54, 1.807) is 11.6 Å². The number of aliphatic carboxylic acids is 1. The number of fused-ring (bicyclic) bond motifs is 1. The van der Waals surface area contributed by atoms with E-state index in [2.05, 4.69) is 10.1 Å². The van der Waals surface area contributed by atoms with Gasteiger partial charge in [0.05, 0.1) is 12.1 Å². The number of aryl methyl sites for hydroxylation is 2. The van der Waals surface area contributed by atoms with Crippen LogP contribution in [0.2, 0.25) is 5.15 Å². The molecule has 0 aliphatic carbocycles. The second-order valence-electron chi connectivity index (χ2n) is 3.24. The van der Waals surface area contributed by atoms with Crippen molar-refractivity contribution < 1.29 is 9.90 Å². The number of imidazole rings is 1. The van der Waals surface area contributed by atoms with E-state index in [1.165, 1.54) is 4.52 Å². The molecule has 0 spiro atoms. The van der Waals surface area contributed by atoms with E-state index in [9.17, 15) is 4.79 Å². The normalized spacial score (nSPS) is 11.1. The summed E-state index contributed by atoms with van der Waals surface area (Å²) in [6, 6.07) is 0. The van der Waals surface area contributed by atoms with Crippen molar-refractivity contribution in [2.75, 3.05) is 0 Å². The van der Waals surface area contributed by atoms with E-state index in [1.807, 2.05) is 6.92 Å². The average Bonchev–Trinajstić information content (AvgIpc) is 2.57. The van der Waals surface area contributed by atoms with Gasteiger partial charge in [-0.2, -0.15) is 9.61 Å². The van der Waals surface area contributed by atoms with E-state index in [4.69, 9.17) is 16.7 Å². The maximum atomic E-state index is 10.5. The topological polar surface area (TPSA) is 72.4 Å². The van der Waals surface area contributed by atoms with Crippen LogP contribution in [0.1, 0.15) is 11.5 Å². The zero-order valence-corrected chi connectivity index (χ0v) is 8.99. The lowest BCUT2D eigenvalue weighted by molar-refractivity contribution is -0.136. The molecule has 0 atom stereocenters. The van der Waals surface area contributed by atoms with Gasteiger partial charge < -0.3 is 9.67 Å². The Morgan fingerprint density at radius 3 is 2.80 bits per heavy atom. The lowest BCUT2D eigenvalue weighted by Gasteiger charge is -1.92. The fourth-order valence-electron chi connectivity index (χ4n) is 1.34. The number of carboxylic acid groups (broad SMARTS) is 1. The number of hydrogen-bond donors (Lipinski definition) is 1. The Hall–Kier alpha value is -1.56. The maximum absolute atomic E-state index is 10.5. The molecule has 15 heavy (non-hydrogen) atoms. The highest BCUT2D eigenvalue weighted by molar-refractivity contribution is 6.30. The predicted molar refractivity (Wildman–Crippen MR) is 53.0 cm³/mol. The van der Waals surface area contributed by atoms with Crippen LogP contribution in [0.4, 0.5) is 0 Å². The quantitative estimate of drug-likeness (QED) is 0.820. The summed E-state index contributed by atoms with van der Waals surface area (Å²) < 4.78 is 3.19. The standard InChI is InChI=1S/C8H9ClN4O2/c1-4-11-13-7(9)5(3-6(14)15)10-8(13)12(4)2/h3H2,1-2H3,(H,14,15). The minimum Gasteiger partial charge on any atom is -0.481 e. The summed E-state index contributed by atoms with van der Waals surface area (Å²) in [5.74, 6) is 0.354. The van der Waals surface area contributed by atoms with Gasteiger partial charge in [-0.3, -0.25) is 4.79 Å². The van der Waals surface area contributed by atoms with Crippen molar-refractivity contribution >= 4 is 23.3 Å². The van der Waals surface area contributed by atoms with Crippen molar-refractivity contribution in [3.63, 3.8) is 0 Å². The Kier molecular flexibility index (Phi) is 2.15. The van der Waals surface area contributed by atoms with Crippen molar-refractivity contribution in [1.29, 1.82) is 0 Å². The van der Waals surface area contributed by atoms with Crippen molar-refractivity contribution in [1.82, 2.24) is 19.2 Å². The number of carbonyl (C=O) groups is 1. The van der Waals surface area contributed by atoms with Gasteiger partial charge in [0.1, 0.15) is 5.82 Å². The van der Waals surface area contributed by atoms with E-state index >= 15 is 0 Å². The summed E-state index contributed by atoms with van der Waals surface area (Å²) in [5, 5.41) is 13.0. The average molecular weight is 229 g/mol. The molecule has 0 bridgehead atoms. The fourth-order valence-corrected chi connectivity index (χ4v) is 1.56. The molecule has 80 valence electrons. The molecule has 0 aliphatic rings. The predicted octanol–water partition coefficient (Wildman–Crippen LogP) is 0.657. The van der Waals surface area contributed by atoms with Crippen LogP contribution in [-0.4, -0.2) is 30.2 Å². The van der Waals surface area contributed by atoms with Crippen molar-refractivity contribution in [3.05, 3.63) is 16.7 Å². The molecule has 2 rings (SSSR count). The Morgan fingerprint density at radius 1 is 1.60 bits per heavy atom. The first-order valence-corrected chi connectivity index (χ1v) is 4.66. The summed E-state index contributed by atoms with van der Waals surface area (Å²) in [7, 11) is 1.80. The van der Waals surface area contributed by atoms with Gasteiger partial charge in [0.15, 0.2) is 5.15 Å². The van der Waals surface area contributed by atoms with Crippen LogP contribution in [0.25, 0.3) is 5.78 Å². The summed E-state index contributed by atoms with van der Waals surface area (Å²) in [6.07, 6.45) is -0.193. The van der Waals surface area contributed by atoms with E-state index in [-0.39, 0.29) is 11.6 Å². The molecule has 0 saturated heterocycles. The summed E-state index contributed by atoms with van der Waals surface area (Å²) in [4.78, 5) is 14.7. The number of nitrogens with zero attached hydrogens (tertiary/aromatic N) is 4. The van der Waals surface area contributed by atoms with Gasteiger partial charge in [0, 0.05) is 7.05 Å². The lowest BCUT2D eigenvalue weighted by Crippen LogP contribution is -2.01. The largest absolute Gasteiger partial charge is 0.481 e. The third-order valence-electron chi connectivity index (χ3n) is 2.20. The molecule has 2 aromatic heterocycles. The first-order chi connectivity index (χ1) is 7.00. The smallest absolute Gasteiger partial charge is 0.309 e. The van der Waals surface area contributed by atoms with Gasteiger partial charge in [-0.1, -0.05) is 11.6 Å². The molecule has 0 unspecified atom stereocenters. The van der Waals surface area contributed by atoms with Crippen molar-refractivity contribution in [2.45, 2.75) is 13.3 Å². The highest BCUT2D eigenvalue weighted by Crippen LogP contribution is 2.18. The number of hydrogen-bond acceptors (Lipinski definition) is 3. The van der Waals surface area contributed by atoms with Gasteiger partial charge in [-0.05, 0) is 6.92 Å². The molecule has 0 amide bonds. The third kappa shape index (κ3) is 1.46. The second-order valence-corrected chi connectivity index (χ2v) is 3.60. The minimum absolute atomic E-state index is 0.193. The Bertz CT molecular complexity index is 542. The van der Waals surface area contributed by atoms with Crippen LogP contribution in [0, 0.1) is 6.92 Å². The van der Waals surface area contributed by atoms with E-state index in [0.717, 1.165) is 5.82 Å². The maximum Gasteiger partial charge on any atom is 0.309 e. The summed E-state index contributed by atoms with van der Waals surface area (Å²) >= 11 is 5.95. The van der Waals surface area contributed by atoms with E-state index in [0.29, 0.717) is 11.5 Å². The molecule has 1 N–H and O–H groups in total. The fraction of sp³-hybridized carbons (Fsp3) is 0.375. The summed E-state index contributed by atoms with van der Waals surface area (Å²) in [5.41, 5.74) is 0.335. The molecule has 0 saturated carbocycles. The van der Waals surface area contributed by atoms with Crippen LogP contribution in [-0.2, 0) is 18.3 Å². The molecule has 0 fully saturated rings. The number of carboxylic acids is 1. The molecular weight excluding hydrogens is 220 g/mol. The van der Waals surface area contributed by atoms with Crippen LogP contribution in [0.5, 0.6) is 0 Å². The molecule has 0 aliphatic heterocycles. The minimum atomic E-state index is -0.961. The first kappa shape index (κ1) is 9.97. The van der Waals surface area contributed by atoms with E-state index < -0.39 is 5.97 Å². The van der Waals surface area contributed by atoms with Gasteiger partial charge in [0.2, 0.25) is 5.78 Å². The first-order valence-electron chi connectivity index (χ1n) is 4.29. The van der Waals surface area contributed by atoms with Crippen molar-refractivity contribution in [2.24, 2.45) is 7.05 Å². The number of rotatable bonds is 2. The van der Waals surface area contributed by atoms with Gasteiger partial charge >= 0.3 is 5.97 Å². The monoisotopic (exact) mass is 228 g/mol. The molecule has 0 radical (unpaired) electrons. The highest BCUT2D eigenvalue weighted by atomic mass is 35.5. The van der Waals surface area contributed by atoms with Crippen LogP contribution >= 0.6 is 11.6 Å². The molecular formula is C8H9ClN4O2. The third-order valence-corrected chi connectivity index (χ3v) is 2.58. The zero-order chi connectivity index (χ0) is 11.2. The van der Waals surface area contributed by atoms with Gasteiger partial charge in [-0.15, -0.1) is 0 Å². The molecule has 2 heterocycles. The van der Waals surface area contributed by atoms with Crippen molar-refractivity contribution in [3.8, 4) is 0 Å². The molecule has 2 aromatic rings. The Balaban J connectivity index is 2.61. The van der Waals surface area contributed by atoms with Gasteiger partial charge in [-0.25, -0.2) is 4.98 Å². The second kappa shape index (κ2) is 3.23. The lowest BCUT2D eigenvalue weighted by atomic mass is 10.3. The highest BCUT2D eigenvalue weighted by Gasteiger charge is 2.17.